The van der Waals surface area contributed by atoms with Gasteiger partial charge in [0.2, 0.25) is 0 Å². The molecule has 0 N–H and O–H groups in total. The lowest BCUT2D eigenvalue weighted by molar-refractivity contribution is 0.0514. The second-order valence-electron chi connectivity index (χ2n) is 4.29. The minimum Gasteiger partial charge on any atom is -0.461 e. The van der Waals surface area contributed by atoms with Gasteiger partial charge in [-0.3, -0.25) is 0 Å². The van der Waals surface area contributed by atoms with Crippen molar-refractivity contribution in [3.8, 4) is 6.07 Å². The second kappa shape index (κ2) is 5.57. The Labute approximate surface area is 112 Å². The SMILES string of the molecule is CCCn1c(C(=O)OCC)cc2ccc(C#N)cc21. The van der Waals surface area contributed by atoms with E-state index < -0.39 is 0 Å². The topological polar surface area (TPSA) is 55.0 Å². The molecule has 0 saturated carbocycles. The van der Waals surface area contributed by atoms with Crippen LogP contribution in [0, 0.1) is 11.3 Å². The summed E-state index contributed by atoms with van der Waals surface area (Å²) >= 11 is 0. The number of rotatable bonds is 4. The van der Waals surface area contributed by atoms with Gasteiger partial charge in [0.15, 0.2) is 0 Å². The summed E-state index contributed by atoms with van der Waals surface area (Å²) in [5.41, 5.74) is 2.05. The summed E-state index contributed by atoms with van der Waals surface area (Å²) < 4.78 is 7.00. The smallest absolute Gasteiger partial charge is 0.354 e. The normalized spacial score (nSPS) is 10.4. The molecule has 4 nitrogen and oxygen atoms in total. The maximum Gasteiger partial charge on any atom is 0.354 e. The van der Waals surface area contributed by atoms with Gasteiger partial charge < -0.3 is 9.30 Å². The lowest BCUT2D eigenvalue weighted by Crippen LogP contribution is -2.12. The van der Waals surface area contributed by atoms with E-state index in [2.05, 4.69) is 13.0 Å². The molecule has 0 unspecified atom stereocenters. The first-order valence-electron chi connectivity index (χ1n) is 6.41. The van der Waals surface area contributed by atoms with Crippen LogP contribution in [0.25, 0.3) is 10.9 Å². The Balaban J connectivity index is 2.60. The van der Waals surface area contributed by atoms with Crippen LogP contribution in [-0.4, -0.2) is 17.1 Å². The van der Waals surface area contributed by atoms with Crippen molar-refractivity contribution in [1.29, 1.82) is 5.26 Å². The molecule has 0 spiro atoms. The summed E-state index contributed by atoms with van der Waals surface area (Å²) in [6, 6.07) is 9.38. The Morgan fingerprint density at radius 1 is 1.37 bits per heavy atom. The highest BCUT2D eigenvalue weighted by Gasteiger charge is 2.16. The van der Waals surface area contributed by atoms with Crippen molar-refractivity contribution in [2.24, 2.45) is 0 Å². The van der Waals surface area contributed by atoms with Gasteiger partial charge in [0.1, 0.15) is 5.69 Å². The molecule has 1 aromatic heterocycles. The summed E-state index contributed by atoms with van der Waals surface area (Å²) in [5, 5.41) is 9.92. The van der Waals surface area contributed by atoms with Crippen LogP contribution in [0.3, 0.4) is 0 Å². The zero-order valence-electron chi connectivity index (χ0n) is 11.1. The summed E-state index contributed by atoms with van der Waals surface area (Å²) in [4.78, 5) is 12.0. The van der Waals surface area contributed by atoms with Gasteiger partial charge in [-0.25, -0.2) is 4.79 Å². The molecule has 19 heavy (non-hydrogen) atoms. The molecule has 1 heterocycles. The molecule has 0 bridgehead atoms. The van der Waals surface area contributed by atoms with Gasteiger partial charge in [-0.15, -0.1) is 0 Å². The second-order valence-corrected chi connectivity index (χ2v) is 4.29. The average Bonchev–Trinajstić information content (AvgIpc) is 2.78. The largest absolute Gasteiger partial charge is 0.461 e. The number of aromatic nitrogens is 1. The Kier molecular flexibility index (Phi) is 3.86. The number of hydrogen-bond acceptors (Lipinski definition) is 3. The number of benzene rings is 1. The van der Waals surface area contributed by atoms with Crippen molar-refractivity contribution < 1.29 is 9.53 Å². The van der Waals surface area contributed by atoms with Gasteiger partial charge >= 0.3 is 5.97 Å². The van der Waals surface area contributed by atoms with Gasteiger partial charge in [-0.2, -0.15) is 5.26 Å². The fourth-order valence-corrected chi connectivity index (χ4v) is 2.16. The fraction of sp³-hybridized carbons (Fsp3) is 0.333. The van der Waals surface area contributed by atoms with Gasteiger partial charge in [0.25, 0.3) is 0 Å². The first-order valence-corrected chi connectivity index (χ1v) is 6.41. The quantitative estimate of drug-likeness (QED) is 0.790. The number of carbonyl (C=O) groups excluding carboxylic acids is 1. The van der Waals surface area contributed by atoms with Crippen molar-refractivity contribution in [2.75, 3.05) is 6.61 Å². The minimum absolute atomic E-state index is 0.314. The van der Waals surface area contributed by atoms with Crippen LogP contribution in [0.5, 0.6) is 0 Å². The highest BCUT2D eigenvalue weighted by atomic mass is 16.5. The molecule has 0 radical (unpaired) electrons. The maximum absolute atomic E-state index is 12.0. The Morgan fingerprint density at radius 2 is 2.16 bits per heavy atom. The first kappa shape index (κ1) is 13.2. The lowest BCUT2D eigenvalue weighted by Gasteiger charge is -2.08. The van der Waals surface area contributed by atoms with Crippen molar-refractivity contribution in [3.05, 3.63) is 35.5 Å². The van der Waals surface area contributed by atoms with Crippen molar-refractivity contribution in [2.45, 2.75) is 26.8 Å². The summed E-state index contributed by atoms with van der Waals surface area (Å²) in [7, 11) is 0. The molecule has 0 amide bonds. The number of carbonyl (C=O) groups is 1. The summed E-state index contributed by atoms with van der Waals surface area (Å²) in [5.74, 6) is -0.314. The third-order valence-corrected chi connectivity index (χ3v) is 2.97. The molecule has 2 rings (SSSR count). The zero-order valence-corrected chi connectivity index (χ0v) is 11.1. The molecule has 0 atom stereocenters. The summed E-state index contributed by atoms with van der Waals surface area (Å²) in [6.07, 6.45) is 0.910. The van der Waals surface area contributed by atoms with E-state index in [1.807, 2.05) is 22.8 Å². The lowest BCUT2D eigenvalue weighted by atomic mass is 10.2. The standard InChI is InChI=1S/C15H16N2O2/c1-3-7-17-13-8-11(10-16)5-6-12(13)9-14(17)15(18)19-4-2/h5-6,8-9H,3-4,7H2,1-2H3. The predicted molar refractivity (Wildman–Crippen MR) is 72.9 cm³/mol. The molecule has 1 aromatic carbocycles. The van der Waals surface area contributed by atoms with E-state index in [9.17, 15) is 4.79 Å². The van der Waals surface area contributed by atoms with Crippen molar-refractivity contribution in [1.82, 2.24) is 4.57 Å². The third kappa shape index (κ3) is 2.45. The van der Waals surface area contributed by atoms with Crippen LogP contribution in [-0.2, 0) is 11.3 Å². The van der Waals surface area contributed by atoms with Crippen LogP contribution in [0.1, 0.15) is 36.3 Å². The molecule has 0 aliphatic heterocycles. The van der Waals surface area contributed by atoms with E-state index in [0.29, 0.717) is 17.9 Å². The number of fused-ring (bicyclic) bond motifs is 1. The van der Waals surface area contributed by atoms with E-state index in [1.165, 1.54) is 0 Å². The van der Waals surface area contributed by atoms with E-state index in [1.54, 1.807) is 13.0 Å². The monoisotopic (exact) mass is 256 g/mol. The third-order valence-electron chi connectivity index (χ3n) is 2.97. The van der Waals surface area contributed by atoms with E-state index in [0.717, 1.165) is 23.9 Å². The summed E-state index contributed by atoms with van der Waals surface area (Å²) in [6.45, 7) is 4.93. The fourth-order valence-electron chi connectivity index (χ4n) is 2.16. The predicted octanol–water partition coefficient (Wildman–Crippen LogP) is 3.10. The number of ether oxygens (including phenoxy) is 1. The van der Waals surface area contributed by atoms with Gasteiger partial charge in [-0.05, 0) is 31.5 Å². The molecule has 0 aliphatic rings. The molecule has 0 saturated heterocycles. The van der Waals surface area contributed by atoms with Crippen molar-refractivity contribution in [3.63, 3.8) is 0 Å². The highest BCUT2D eigenvalue weighted by molar-refractivity contribution is 5.96. The molecule has 98 valence electrons. The molecular weight excluding hydrogens is 240 g/mol. The number of aryl methyl sites for hydroxylation is 1. The van der Waals surface area contributed by atoms with Crippen LogP contribution in [0.4, 0.5) is 0 Å². The number of nitrogens with zero attached hydrogens (tertiary/aromatic N) is 2. The first-order chi connectivity index (χ1) is 9.21. The molecule has 2 aromatic rings. The van der Waals surface area contributed by atoms with Crippen molar-refractivity contribution >= 4 is 16.9 Å². The molecular formula is C15H16N2O2. The molecule has 0 fully saturated rings. The Bertz CT molecular complexity index is 650. The molecule has 0 aliphatic carbocycles. The maximum atomic E-state index is 12.0. The Hall–Kier alpha value is -2.28. The Morgan fingerprint density at radius 3 is 2.79 bits per heavy atom. The van der Waals surface area contributed by atoms with E-state index in [-0.39, 0.29) is 5.97 Å². The van der Waals surface area contributed by atoms with Crippen LogP contribution in [0.15, 0.2) is 24.3 Å². The average molecular weight is 256 g/mol. The highest BCUT2D eigenvalue weighted by Crippen LogP contribution is 2.22. The number of nitriles is 1. The van der Waals surface area contributed by atoms with Gasteiger partial charge in [-0.1, -0.05) is 13.0 Å². The molecule has 4 heteroatoms. The van der Waals surface area contributed by atoms with Gasteiger partial charge in [0, 0.05) is 17.4 Å². The van der Waals surface area contributed by atoms with Gasteiger partial charge in [0.05, 0.1) is 18.2 Å². The minimum atomic E-state index is -0.314. The van der Waals surface area contributed by atoms with Crippen LogP contribution < -0.4 is 0 Å². The zero-order chi connectivity index (χ0) is 13.8. The number of esters is 1. The van der Waals surface area contributed by atoms with E-state index in [4.69, 9.17) is 10.00 Å². The van der Waals surface area contributed by atoms with Crippen LogP contribution in [0.2, 0.25) is 0 Å². The van der Waals surface area contributed by atoms with Crippen LogP contribution >= 0.6 is 0 Å². The number of hydrogen-bond donors (Lipinski definition) is 0. The van der Waals surface area contributed by atoms with E-state index >= 15 is 0 Å².